The summed E-state index contributed by atoms with van der Waals surface area (Å²) in [6.07, 6.45) is 3.13. The lowest BCUT2D eigenvalue weighted by atomic mass is 10.1. The van der Waals surface area contributed by atoms with E-state index in [1.807, 2.05) is 26.0 Å². The molecule has 0 bridgehead atoms. The molecular formula is C28H31FN6O3. The van der Waals surface area contributed by atoms with Crippen LogP contribution in [0.5, 0.6) is 17.4 Å². The molecule has 0 aliphatic carbocycles. The average Bonchev–Trinajstić information content (AvgIpc) is 3.23. The van der Waals surface area contributed by atoms with E-state index < -0.39 is 5.82 Å². The summed E-state index contributed by atoms with van der Waals surface area (Å²) in [5.41, 5.74) is 3.27. The number of anilines is 1. The lowest BCUT2D eigenvalue weighted by Crippen LogP contribution is -2.45. The van der Waals surface area contributed by atoms with Crippen molar-refractivity contribution in [2.45, 2.75) is 13.8 Å². The fourth-order valence-corrected chi connectivity index (χ4v) is 4.36. The fourth-order valence-electron chi connectivity index (χ4n) is 4.36. The largest absolute Gasteiger partial charge is 0.490 e. The summed E-state index contributed by atoms with van der Waals surface area (Å²) in [5.74, 6) is -0.0752. The third kappa shape index (κ3) is 5.76. The minimum absolute atomic E-state index is 0.0166. The highest BCUT2D eigenvalue weighted by Gasteiger charge is 2.18. The molecule has 0 saturated carbocycles. The molecule has 5 rings (SSSR count). The molecule has 0 spiro atoms. The molecule has 1 saturated heterocycles. The molecule has 0 unspecified atom stereocenters. The van der Waals surface area contributed by atoms with Gasteiger partial charge in [-0.2, -0.15) is 10.1 Å². The molecule has 1 fully saturated rings. The van der Waals surface area contributed by atoms with Crippen molar-refractivity contribution in [3.8, 4) is 17.4 Å². The van der Waals surface area contributed by atoms with Crippen LogP contribution in [-0.2, 0) is 0 Å². The molecule has 38 heavy (non-hydrogen) atoms. The number of nitrogens with one attached hydrogen (secondary N) is 1. The van der Waals surface area contributed by atoms with E-state index >= 15 is 0 Å². The summed E-state index contributed by atoms with van der Waals surface area (Å²) in [6, 6.07) is 11.4. The van der Waals surface area contributed by atoms with Crippen LogP contribution in [0.1, 0.15) is 21.5 Å². The van der Waals surface area contributed by atoms with Gasteiger partial charge in [0.15, 0.2) is 11.6 Å². The van der Waals surface area contributed by atoms with Crippen molar-refractivity contribution in [2.24, 2.45) is 0 Å². The van der Waals surface area contributed by atoms with Crippen molar-refractivity contribution in [3.63, 3.8) is 0 Å². The van der Waals surface area contributed by atoms with Gasteiger partial charge >= 0.3 is 0 Å². The molecule has 1 N–H and O–H groups in total. The van der Waals surface area contributed by atoms with Gasteiger partial charge < -0.3 is 19.7 Å². The predicted molar refractivity (Wildman–Crippen MR) is 143 cm³/mol. The van der Waals surface area contributed by atoms with Crippen LogP contribution in [0.3, 0.4) is 0 Å². The molecule has 2 aromatic heterocycles. The van der Waals surface area contributed by atoms with E-state index in [0.29, 0.717) is 29.1 Å². The highest BCUT2D eigenvalue weighted by Crippen LogP contribution is 2.33. The monoisotopic (exact) mass is 518 g/mol. The van der Waals surface area contributed by atoms with Gasteiger partial charge in [-0.05, 0) is 45.2 Å². The summed E-state index contributed by atoms with van der Waals surface area (Å²) >= 11 is 0. The molecule has 198 valence electrons. The number of piperazine rings is 1. The van der Waals surface area contributed by atoms with Crippen molar-refractivity contribution in [1.82, 2.24) is 24.4 Å². The lowest BCUT2D eigenvalue weighted by Gasteiger charge is -2.32. The van der Waals surface area contributed by atoms with Crippen molar-refractivity contribution >= 4 is 17.1 Å². The van der Waals surface area contributed by atoms with Gasteiger partial charge in [0.2, 0.25) is 5.88 Å². The van der Waals surface area contributed by atoms with Gasteiger partial charge in [0.1, 0.15) is 24.2 Å². The molecule has 0 radical (unpaired) electrons. The standard InChI is InChI=1S/C28H31FN6O3/c1-19-4-6-21(7-5-19)27(36)32-22-8-9-24(23(29)16-22)38-28-26-20(2)25(17-35(26)31-18-30-28)37-15-14-34-12-10-33(3)11-13-34/h4-9,16-18H,10-15H2,1-3H3,(H,32,36). The third-order valence-corrected chi connectivity index (χ3v) is 6.72. The maximum atomic E-state index is 15.0. The molecule has 2 aromatic carbocycles. The number of carbonyl (C=O) groups excluding carboxylic acids is 1. The number of rotatable bonds is 8. The predicted octanol–water partition coefficient (Wildman–Crippen LogP) is 4.16. The second-order valence-corrected chi connectivity index (χ2v) is 9.54. The summed E-state index contributed by atoms with van der Waals surface area (Å²) < 4.78 is 28.5. The number of benzene rings is 2. The summed E-state index contributed by atoms with van der Waals surface area (Å²) in [5, 5.41) is 6.97. The highest BCUT2D eigenvalue weighted by molar-refractivity contribution is 6.04. The smallest absolute Gasteiger partial charge is 0.255 e. The van der Waals surface area contributed by atoms with Gasteiger partial charge in [0.25, 0.3) is 5.91 Å². The summed E-state index contributed by atoms with van der Waals surface area (Å²) in [6.45, 7) is 9.41. The summed E-state index contributed by atoms with van der Waals surface area (Å²) in [4.78, 5) is 21.4. The number of hydrogen-bond donors (Lipinski definition) is 1. The molecule has 1 amide bonds. The maximum Gasteiger partial charge on any atom is 0.255 e. The van der Waals surface area contributed by atoms with Crippen LogP contribution in [0, 0.1) is 19.7 Å². The SMILES string of the molecule is Cc1ccc(C(=O)Nc2ccc(Oc3ncnn4cc(OCCN5CCN(C)CC5)c(C)c34)c(F)c2)cc1. The first-order chi connectivity index (χ1) is 18.4. The highest BCUT2D eigenvalue weighted by atomic mass is 19.1. The molecule has 10 heteroatoms. The Morgan fingerprint density at radius 2 is 1.82 bits per heavy atom. The molecule has 3 heterocycles. The van der Waals surface area contributed by atoms with Gasteiger partial charge in [-0.15, -0.1) is 0 Å². The number of nitrogens with zero attached hydrogens (tertiary/aromatic N) is 5. The first-order valence-corrected chi connectivity index (χ1v) is 12.6. The first-order valence-electron chi connectivity index (χ1n) is 12.6. The number of likely N-dealkylation sites (N-methyl/N-ethyl adjacent to an activating group) is 1. The van der Waals surface area contributed by atoms with Crippen molar-refractivity contribution < 1.29 is 18.7 Å². The number of amides is 1. The Kier molecular flexibility index (Phi) is 7.52. The molecule has 0 atom stereocenters. The fraction of sp³-hybridized carbons (Fsp3) is 0.321. The van der Waals surface area contributed by atoms with Crippen molar-refractivity contribution in [2.75, 3.05) is 51.7 Å². The number of fused-ring (bicyclic) bond motifs is 1. The van der Waals surface area contributed by atoms with E-state index in [2.05, 4.69) is 32.2 Å². The molecule has 9 nitrogen and oxygen atoms in total. The minimum atomic E-state index is -0.628. The van der Waals surface area contributed by atoms with Crippen LogP contribution in [0.4, 0.5) is 10.1 Å². The molecule has 1 aliphatic heterocycles. The Labute approximate surface area is 220 Å². The Bertz CT molecular complexity index is 1430. The van der Waals surface area contributed by atoms with E-state index in [-0.39, 0.29) is 17.5 Å². The quantitative estimate of drug-likeness (QED) is 0.375. The van der Waals surface area contributed by atoms with Crippen LogP contribution in [0.2, 0.25) is 0 Å². The van der Waals surface area contributed by atoms with Gasteiger partial charge in [0.05, 0.1) is 6.20 Å². The van der Waals surface area contributed by atoms with E-state index in [9.17, 15) is 9.18 Å². The molecular weight excluding hydrogens is 487 g/mol. The van der Waals surface area contributed by atoms with Gasteiger partial charge in [-0.1, -0.05) is 17.7 Å². The molecule has 4 aromatic rings. The maximum absolute atomic E-state index is 15.0. The second kappa shape index (κ2) is 11.2. The average molecular weight is 519 g/mol. The van der Waals surface area contributed by atoms with Crippen LogP contribution >= 0.6 is 0 Å². The van der Waals surface area contributed by atoms with E-state index in [1.54, 1.807) is 28.9 Å². The number of aromatic nitrogens is 3. The number of aryl methyl sites for hydroxylation is 2. The van der Waals surface area contributed by atoms with E-state index in [1.165, 1.54) is 18.5 Å². The van der Waals surface area contributed by atoms with E-state index in [4.69, 9.17) is 9.47 Å². The summed E-state index contributed by atoms with van der Waals surface area (Å²) in [7, 11) is 2.13. The van der Waals surface area contributed by atoms with Crippen molar-refractivity contribution in [3.05, 3.63) is 77.5 Å². The van der Waals surface area contributed by atoms with Crippen LogP contribution in [0.15, 0.2) is 55.0 Å². The van der Waals surface area contributed by atoms with Crippen LogP contribution in [-0.4, -0.2) is 76.7 Å². The Morgan fingerprint density at radius 1 is 1.05 bits per heavy atom. The zero-order valence-electron chi connectivity index (χ0n) is 21.8. The molecule has 1 aliphatic rings. The van der Waals surface area contributed by atoms with E-state index in [0.717, 1.165) is 43.9 Å². The minimum Gasteiger partial charge on any atom is -0.490 e. The van der Waals surface area contributed by atoms with Crippen molar-refractivity contribution in [1.29, 1.82) is 0 Å². The lowest BCUT2D eigenvalue weighted by molar-refractivity contribution is 0.102. The number of hydrogen-bond acceptors (Lipinski definition) is 7. The number of ether oxygens (including phenoxy) is 2. The Balaban J connectivity index is 1.26. The topological polar surface area (TPSA) is 84.2 Å². The van der Waals surface area contributed by atoms with Crippen LogP contribution in [0.25, 0.3) is 5.52 Å². The second-order valence-electron chi connectivity index (χ2n) is 9.54. The normalized spacial score (nSPS) is 14.5. The number of halogens is 1. The van der Waals surface area contributed by atoms with Gasteiger partial charge in [-0.25, -0.2) is 8.91 Å². The Morgan fingerprint density at radius 3 is 2.55 bits per heavy atom. The third-order valence-electron chi connectivity index (χ3n) is 6.72. The zero-order chi connectivity index (χ0) is 26.6. The number of carbonyl (C=O) groups is 1. The Hall–Kier alpha value is -4.02. The van der Waals surface area contributed by atoms with Gasteiger partial charge in [-0.3, -0.25) is 9.69 Å². The first kappa shape index (κ1) is 25.6. The van der Waals surface area contributed by atoms with Crippen LogP contribution < -0.4 is 14.8 Å². The zero-order valence-corrected chi connectivity index (χ0v) is 21.8. The van der Waals surface area contributed by atoms with Gasteiger partial charge in [0, 0.05) is 55.6 Å².